The molecule has 2 N–H and O–H groups in total. The summed E-state index contributed by atoms with van der Waals surface area (Å²) in [5.41, 5.74) is 3.28. The van der Waals surface area contributed by atoms with Crippen molar-refractivity contribution < 1.29 is 10.2 Å². The average molecular weight is 304 g/mol. The maximum atomic E-state index is 10.6. The van der Waals surface area contributed by atoms with Gasteiger partial charge < -0.3 is 10.2 Å². The van der Waals surface area contributed by atoms with Crippen molar-refractivity contribution >= 4 is 0 Å². The molecule has 0 aliphatic heterocycles. The minimum Gasteiger partial charge on any atom is -0.392 e. The molecule has 0 aromatic heterocycles. The molecule has 0 spiro atoms. The second-order valence-electron chi connectivity index (χ2n) is 7.98. The minimum absolute atomic E-state index is 0.125. The number of fused-ring (bicyclic) bond motifs is 1. The molecular formula is C20H32O2. The van der Waals surface area contributed by atoms with E-state index in [0.717, 1.165) is 50.5 Å². The molecule has 0 saturated heterocycles. The highest BCUT2D eigenvalue weighted by molar-refractivity contribution is 5.27. The molecule has 0 radical (unpaired) electrons. The smallest absolute Gasteiger partial charge is 0.0656 e. The lowest BCUT2D eigenvalue weighted by Crippen LogP contribution is -2.32. The first-order valence-electron chi connectivity index (χ1n) is 8.64. The van der Waals surface area contributed by atoms with Crippen LogP contribution in [-0.4, -0.2) is 22.4 Å². The van der Waals surface area contributed by atoms with Crippen molar-refractivity contribution in [2.24, 2.45) is 11.3 Å². The van der Waals surface area contributed by atoms with Crippen molar-refractivity contribution in [2.45, 2.75) is 71.3 Å². The Balaban J connectivity index is 2.35. The third kappa shape index (κ3) is 3.91. The second-order valence-corrected chi connectivity index (χ2v) is 7.98. The summed E-state index contributed by atoms with van der Waals surface area (Å²) >= 11 is 0. The monoisotopic (exact) mass is 304 g/mol. The van der Waals surface area contributed by atoms with E-state index in [0.29, 0.717) is 0 Å². The van der Waals surface area contributed by atoms with E-state index in [1.54, 1.807) is 0 Å². The fourth-order valence-corrected chi connectivity index (χ4v) is 4.09. The summed E-state index contributed by atoms with van der Waals surface area (Å²) < 4.78 is 0. The number of allylic oxidation sites excluding steroid dienone is 3. The van der Waals surface area contributed by atoms with Crippen LogP contribution in [0, 0.1) is 11.3 Å². The first-order chi connectivity index (χ1) is 10.3. The molecule has 0 unspecified atom stereocenters. The number of hydrogen-bond acceptors (Lipinski definition) is 2. The van der Waals surface area contributed by atoms with E-state index >= 15 is 0 Å². The highest BCUT2D eigenvalue weighted by Gasteiger charge is 2.45. The van der Waals surface area contributed by atoms with Crippen molar-refractivity contribution in [1.29, 1.82) is 0 Å². The van der Waals surface area contributed by atoms with Crippen molar-refractivity contribution in [3.8, 4) is 0 Å². The molecule has 2 aliphatic rings. The fourth-order valence-electron chi connectivity index (χ4n) is 4.09. The number of aliphatic hydroxyl groups excluding tert-OH is 1. The zero-order valence-corrected chi connectivity index (χ0v) is 14.5. The Bertz CT molecular complexity index is 478. The van der Waals surface area contributed by atoms with E-state index in [4.69, 9.17) is 0 Å². The summed E-state index contributed by atoms with van der Waals surface area (Å²) in [5, 5.41) is 20.1. The van der Waals surface area contributed by atoms with Crippen LogP contribution in [0.1, 0.15) is 65.7 Å². The zero-order chi connectivity index (χ0) is 16.4. The summed E-state index contributed by atoms with van der Waals surface area (Å²) in [6, 6.07) is 0. The molecule has 2 heteroatoms. The van der Waals surface area contributed by atoms with Gasteiger partial charge in [-0.2, -0.15) is 0 Å². The molecule has 2 atom stereocenters. The SMILES string of the molecule is C=C1CC/C=C(/CO)C/C=C2\[C@H](C(C)(C)O)CC[C@@]2(C)CC1. The lowest BCUT2D eigenvalue weighted by Gasteiger charge is -2.33. The molecule has 2 rings (SSSR count). The zero-order valence-electron chi connectivity index (χ0n) is 14.5. The Morgan fingerprint density at radius 1 is 1.27 bits per heavy atom. The van der Waals surface area contributed by atoms with Crippen LogP contribution in [0.3, 0.4) is 0 Å². The molecule has 22 heavy (non-hydrogen) atoms. The molecule has 0 aromatic carbocycles. The summed E-state index contributed by atoms with van der Waals surface area (Å²) in [6.07, 6.45) is 11.6. The van der Waals surface area contributed by atoms with Gasteiger partial charge in [-0.1, -0.05) is 36.8 Å². The molecule has 1 saturated carbocycles. The van der Waals surface area contributed by atoms with Crippen molar-refractivity contribution in [2.75, 3.05) is 6.61 Å². The third-order valence-corrected chi connectivity index (χ3v) is 5.66. The quantitative estimate of drug-likeness (QED) is 0.735. The number of aliphatic hydroxyl groups is 2. The van der Waals surface area contributed by atoms with Crippen LogP contribution in [0.5, 0.6) is 0 Å². The first-order valence-corrected chi connectivity index (χ1v) is 8.64. The normalized spacial score (nSPS) is 35.9. The molecule has 0 heterocycles. The van der Waals surface area contributed by atoms with Crippen LogP contribution in [-0.2, 0) is 0 Å². The van der Waals surface area contributed by atoms with Gasteiger partial charge in [0.25, 0.3) is 0 Å². The van der Waals surface area contributed by atoms with Gasteiger partial charge in [0.1, 0.15) is 0 Å². The lowest BCUT2D eigenvalue weighted by atomic mass is 9.74. The summed E-state index contributed by atoms with van der Waals surface area (Å²) in [7, 11) is 0. The van der Waals surface area contributed by atoms with E-state index in [1.807, 2.05) is 13.8 Å². The maximum Gasteiger partial charge on any atom is 0.0656 e. The molecule has 0 aromatic rings. The standard InChI is InChI=1S/C20H32O2/c1-15-6-5-7-16(14-21)8-9-18-17(19(2,3)22)11-13-20(18,4)12-10-15/h7,9,17,21-22H,1,5-6,8,10-14H2,2-4H3/b16-7+,18-9+/t17-,20-/m1/s1. The Morgan fingerprint density at radius 3 is 2.64 bits per heavy atom. The highest BCUT2D eigenvalue weighted by Crippen LogP contribution is 2.53. The van der Waals surface area contributed by atoms with Crippen molar-refractivity contribution in [1.82, 2.24) is 0 Å². The molecule has 2 nitrogen and oxygen atoms in total. The molecule has 1 fully saturated rings. The van der Waals surface area contributed by atoms with Gasteiger partial charge in [0.15, 0.2) is 0 Å². The van der Waals surface area contributed by atoms with Crippen LogP contribution >= 0.6 is 0 Å². The fraction of sp³-hybridized carbons (Fsp3) is 0.700. The molecule has 0 bridgehead atoms. The Hall–Kier alpha value is -0.860. The van der Waals surface area contributed by atoms with Crippen molar-refractivity contribution in [3.63, 3.8) is 0 Å². The van der Waals surface area contributed by atoms with Gasteiger partial charge in [-0.05, 0) is 69.8 Å². The van der Waals surface area contributed by atoms with E-state index in [1.165, 1.54) is 11.1 Å². The third-order valence-electron chi connectivity index (χ3n) is 5.66. The van der Waals surface area contributed by atoms with Gasteiger partial charge >= 0.3 is 0 Å². The minimum atomic E-state index is -0.677. The van der Waals surface area contributed by atoms with E-state index in [2.05, 4.69) is 25.7 Å². The van der Waals surface area contributed by atoms with Crippen LogP contribution in [0.4, 0.5) is 0 Å². The Morgan fingerprint density at radius 2 is 2.00 bits per heavy atom. The number of hydrogen-bond donors (Lipinski definition) is 2. The van der Waals surface area contributed by atoms with Crippen LogP contribution in [0.25, 0.3) is 0 Å². The Labute approximate surface area is 135 Å². The lowest BCUT2D eigenvalue weighted by molar-refractivity contribution is 0.0337. The second kappa shape index (κ2) is 6.72. The summed E-state index contributed by atoms with van der Waals surface area (Å²) in [6.45, 7) is 10.5. The van der Waals surface area contributed by atoms with Gasteiger partial charge in [-0.15, -0.1) is 0 Å². The summed E-state index contributed by atoms with van der Waals surface area (Å²) in [5.74, 6) is 0.228. The van der Waals surface area contributed by atoms with Crippen LogP contribution in [0.2, 0.25) is 0 Å². The van der Waals surface area contributed by atoms with Gasteiger partial charge in [0.05, 0.1) is 12.2 Å². The van der Waals surface area contributed by atoms with E-state index in [-0.39, 0.29) is 17.9 Å². The molecule has 0 amide bonds. The van der Waals surface area contributed by atoms with E-state index in [9.17, 15) is 10.2 Å². The van der Waals surface area contributed by atoms with E-state index < -0.39 is 5.60 Å². The maximum absolute atomic E-state index is 10.6. The Kier molecular flexibility index (Phi) is 5.34. The first kappa shape index (κ1) is 17.5. The van der Waals surface area contributed by atoms with Crippen LogP contribution < -0.4 is 0 Å². The highest BCUT2D eigenvalue weighted by atomic mass is 16.3. The molecule has 2 aliphatic carbocycles. The molecule has 124 valence electrons. The predicted octanol–water partition coefficient (Wildman–Crippen LogP) is 4.54. The van der Waals surface area contributed by atoms with Gasteiger partial charge in [-0.25, -0.2) is 0 Å². The topological polar surface area (TPSA) is 40.5 Å². The van der Waals surface area contributed by atoms with Gasteiger partial charge in [0.2, 0.25) is 0 Å². The average Bonchev–Trinajstić information content (AvgIpc) is 2.76. The van der Waals surface area contributed by atoms with Crippen molar-refractivity contribution in [3.05, 3.63) is 35.5 Å². The largest absolute Gasteiger partial charge is 0.392 e. The predicted molar refractivity (Wildman–Crippen MR) is 92.6 cm³/mol. The van der Waals surface area contributed by atoms with Gasteiger partial charge in [-0.3, -0.25) is 0 Å². The number of rotatable bonds is 2. The van der Waals surface area contributed by atoms with Gasteiger partial charge in [0, 0.05) is 5.92 Å². The summed E-state index contributed by atoms with van der Waals surface area (Å²) in [4.78, 5) is 0. The molecular weight excluding hydrogens is 272 g/mol. The van der Waals surface area contributed by atoms with Crippen LogP contribution in [0.15, 0.2) is 35.5 Å².